The Kier molecular flexibility index (Phi) is 7.84. The second-order valence-corrected chi connectivity index (χ2v) is 6.67. The number of carbonyl (C=O) groups is 1. The highest BCUT2D eigenvalue weighted by Gasteiger charge is 2.35. The van der Waals surface area contributed by atoms with Crippen LogP contribution in [0, 0.1) is 0 Å². The monoisotopic (exact) mass is 398 g/mol. The molecule has 0 amide bonds. The summed E-state index contributed by atoms with van der Waals surface area (Å²) in [4.78, 5) is 49.9. The van der Waals surface area contributed by atoms with Crippen LogP contribution in [0.1, 0.15) is 18.2 Å². The lowest BCUT2D eigenvalue weighted by Gasteiger charge is -2.15. The second-order valence-electron chi connectivity index (χ2n) is 5.20. The SMILES string of the molecule is COCc1cn([C@H]2C[C@H](O)[C@@H](CO)O2)c(=O)[nH]c1=O.O=C(O)P(=O)(O)O. The van der Waals surface area contributed by atoms with Crippen molar-refractivity contribution in [3.05, 3.63) is 32.6 Å². The molecule has 3 atom stereocenters. The summed E-state index contributed by atoms with van der Waals surface area (Å²) in [5, 5.41) is 26.1. The molecule has 0 radical (unpaired) electrons. The van der Waals surface area contributed by atoms with Gasteiger partial charge in [0.25, 0.3) is 5.56 Å². The number of hydrogen-bond donors (Lipinski definition) is 6. The summed E-state index contributed by atoms with van der Waals surface area (Å²) in [7, 11) is -3.38. The van der Waals surface area contributed by atoms with Crippen LogP contribution in [0.15, 0.2) is 15.8 Å². The van der Waals surface area contributed by atoms with Crippen molar-refractivity contribution in [2.24, 2.45) is 0 Å². The van der Waals surface area contributed by atoms with E-state index in [-0.39, 0.29) is 25.2 Å². The molecule has 14 heteroatoms. The number of nitrogens with zero attached hydrogens (tertiary/aromatic N) is 1. The van der Waals surface area contributed by atoms with Crippen molar-refractivity contribution in [2.75, 3.05) is 13.7 Å². The zero-order valence-corrected chi connectivity index (χ0v) is 14.4. The lowest BCUT2D eigenvalue weighted by Crippen LogP contribution is -2.34. The molecule has 0 unspecified atom stereocenters. The fourth-order valence-corrected chi connectivity index (χ4v) is 2.05. The Morgan fingerprint density at radius 3 is 2.46 bits per heavy atom. The number of ether oxygens (including phenoxy) is 2. The Balaban J connectivity index is 0.000000412. The molecule has 1 fully saturated rings. The standard InChI is InChI=1S/C11H16N2O6.CH3O5P/c1-18-5-6-3-13(11(17)12-10(6)16)9-2-7(15)8(4-14)19-9;2-1(3)7(4,5)6/h3,7-9,14-15H,2,4-5H2,1H3,(H,12,16,17);(H,2,3)(H2,4,5,6)/t7-,8+,9+;/m0./s1. The normalized spacial score (nSPS) is 22.6. The van der Waals surface area contributed by atoms with Crippen LogP contribution in [0.5, 0.6) is 0 Å². The predicted molar refractivity (Wildman–Crippen MR) is 83.7 cm³/mol. The minimum atomic E-state index is -4.82. The number of methoxy groups -OCH3 is 1. The van der Waals surface area contributed by atoms with Gasteiger partial charge in [0, 0.05) is 19.7 Å². The fourth-order valence-electron chi connectivity index (χ4n) is 2.05. The van der Waals surface area contributed by atoms with E-state index in [0.29, 0.717) is 0 Å². The third kappa shape index (κ3) is 5.85. The summed E-state index contributed by atoms with van der Waals surface area (Å²) in [5.74, 6) is 0. The number of H-pyrrole nitrogens is 1. The largest absolute Gasteiger partial charge is 0.472 e. The first-order valence-corrected chi connectivity index (χ1v) is 8.69. The molecule has 1 aliphatic heterocycles. The Morgan fingerprint density at radius 2 is 2.04 bits per heavy atom. The van der Waals surface area contributed by atoms with Gasteiger partial charge in [-0.1, -0.05) is 0 Å². The van der Waals surface area contributed by atoms with Gasteiger partial charge in [0.15, 0.2) is 0 Å². The van der Waals surface area contributed by atoms with E-state index in [9.17, 15) is 24.1 Å². The number of aliphatic hydroxyl groups is 2. The van der Waals surface area contributed by atoms with Crippen molar-refractivity contribution in [1.29, 1.82) is 0 Å². The van der Waals surface area contributed by atoms with Gasteiger partial charge in [-0.15, -0.1) is 0 Å². The van der Waals surface area contributed by atoms with E-state index in [2.05, 4.69) is 4.98 Å². The van der Waals surface area contributed by atoms with Crippen LogP contribution in [-0.2, 0) is 20.6 Å². The molecule has 0 aliphatic carbocycles. The Bertz CT molecular complexity index is 782. The van der Waals surface area contributed by atoms with Gasteiger partial charge in [-0.05, 0) is 0 Å². The first-order chi connectivity index (χ1) is 12.0. The van der Waals surface area contributed by atoms with Crippen molar-refractivity contribution in [3.63, 3.8) is 0 Å². The van der Waals surface area contributed by atoms with E-state index < -0.39 is 43.0 Å². The molecule has 1 aromatic heterocycles. The smallest absolute Gasteiger partial charge is 0.433 e. The van der Waals surface area contributed by atoms with Crippen molar-refractivity contribution in [2.45, 2.75) is 31.5 Å². The average molecular weight is 398 g/mol. The number of rotatable bonds is 5. The molecule has 2 rings (SSSR count). The maximum atomic E-state index is 11.7. The Morgan fingerprint density at radius 1 is 1.46 bits per heavy atom. The molecule has 148 valence electrons. The molecule has 13 nitrogen and oxygen atoms in total. The lowest BCUT2D eigenvalue weighted by molar-refractivity contribution is -0.0460. The van der Waals surface area contributed by atoms with Crippen LogP contribution in [0.25, 0.3) is 0 Å². The molecule has 0 bridgehead atoms. The number of hydrogen-bond acceptors (Lipinski definition) is 8. The molecule has 1 aliphatic rings. The summed E-state index contributed by atoms with van der Waals surface area (Å²) in [5.41, 5.74) is -2.94. The number of nitrogens with one attached hydrogen (secondary N) is 1. The third-order valence-corrected chi connectivity index (χ3v) is 3.78. The zero-order valence-electron chi connectivity index (χ0n) is 13.5. The van der Waals surface area contributed by atoms with Crippen molar-refractivity contribution in [3.8, 4) is 0 Å². The molecule has 0 spiro atoms. The maximum Gasteiger partial charge on any atom is 0.433 e. The first-order valence-electron chi connectivity index (χ1n) is 7.08. The van der Waals surface area contributed by atoms with Crippen molar-refractivity contribution < 1.29 is 43.9 Å². The molecular weight excluding hydrogens is 379 g/mol. The van der Waals surface area contributed by atoms with Gasteiger partial charge in [0.05, 0.1) is 24.9 Å². The van der Waals surface area contributed by atoms with Gasteiger partial charge in [-0.25, -0.2) is 14.2 Å². The van der Waals surface area contributed by atoms with Gasteiger partial charge >= 0.3 is 19.0 Å². The van der Waals surface area contributed by atoms with Gasteiger partial charge < -0.3 is 34.6 Å². The van der Waals surface area contributed by atoms with E-state index >= 15 is 0 Å². The Labute approximate surface area is 145 Å². The predicted octanol–water partition coefficient (Wildman–Crippen LogP) is -1.83. The van der Waals surface area contributed by atoms with Gasteiger partial charge in [0.2, 0.25) is 0 Å². The molecule has 2 heterocycles. The summed E-state index contributed by atoms with van der Waals surface area (Å²) in [6, 6.07) is 0. The third-order valence-electron chi connectivity index (χ3n) is 3.28. The molecule has 26 heavy (non-hydrogen) atoms. The molecule has 1 saturated heterocycles. The fraction of sp³-hybridized carbons (Fsp3) is 0.583. The molecule has 6 N–H and O–H groups in total. The highest BCUT2D eigenvalue weighted by Crippen LogP contribution is 2.34. The minimum Gasteiger partial charge on any atom is -0.472 e. The van der Waals surface area contributed by atoms with E-state index in [4.69, 9.17) is 29.5 Å². The average Bonchev–Trinajstić information content (AvgIpc) is 2.90. The van der Waals surface area contributed by atoms with Crippen LogP contribution >= 0.6 is 7.60 Å². The topological polar surface area (TPSA) is 209 Å². The molecular formula is C12H19N2O11P. The lowest BCUT2D eigenvalue weighted by atomic mass is 10.2. The molecule has 0 saturated carbocycles. The van der Waals surface area contributed by atoms with Crippen LogP contribution in [0.3, 0.4) is 0 Å². The van der Waals surface area contributed by atoms with Crippen molar-refractivity contribution >= 4 is 13.3 Å². The van der Waals surface area contributed by atoms with E-state index in [1.165, 1.54) is 17.9 Å². The highest BCUT2D eigenvalue weighted by molar-refractivity contribution is 7.69. The van der Waals surface area contributed by atoms with Gasteiger partial charge in [-0.3, -0.25) is 14.3 Å². The van der Waals surface area contributed by atoms with Crippen LogP contribution in [0.4, 0.5) is 4.79 Å². The van der Waals surface area contributed by atoms with Crippen LogP contribution in [0.2, 0.25) is 0 Å². The van der Waals surface area contributed by atoms with E-state index in [1.54, 1.807) is 0 Å². The highest BCUT2D eigenvalue weighted by atomic mass is 31.2. The number of aromatic amines is 1. The number of aromatic nitrogens is 2. The summed E-state index contributed by atoms with van der Waals surface area (Å²) < 4.78 is 20.8. The number of carboxylic acid groups (broad SMARTS) is 1. The van der Waals surface area contributed by atoms with Crippen LogP contribution < -0.4 is 11.2 Å². The number of aliphatic hydroxyl groups excluding tert-OH is 2. The van der Waals surface area contributed by atoms with Gasteiger partial charge in [-0.2, -0.15) is 0 Å². The van der Waals surface area contributed by atoms with Gasteiger partial charge in [0.1, 0.15) is 12.3 Å². The summed E-state index contributed by atoms with van der Waals surface area (Å²) in [6.45, 7) is -0.269. The minimum absolute atomic E-state index is 0.0638. The maximum absolute atomic E-state index is 11.7. The van der Waals surface area contributed by atoms with E-state index in [0.717, 1.165) is 0 Å². The second kappa shape index (κ2) is 9.19. The molecule has 0 aromatic carbocycles. The van der Waals surface area contributed by atoms with E-state index in [1.807, 2.05) is 0 Å². The quantitative estimate of drug-likeness (QED) is 0.304. The summed E-state index contributed by atoms with van der Waals surface area (Å²) in [6.07, 6.45) is -0.771. The summed E-state index contributed by atoms with van der Waals surface area (Å²) >= 11 is 0. The van der Waals surface area contributed by atoms with Crippen molar-refractivity contribution in [1.82, 2.24) is 9.55 Å². The first kappa shape index (κ1) is 22.2. The Hall–Kier alpha value is -1.86. The molecule has 1 aromatic rings. The van der Waals surface area contributed by atoms with Crippen LogP contribution in [-0.4, -0.2) is 66.3 Å². The zero-order chi connectivity index (χ0) is 20.1.